The number of ketones is 1. The first-order valence-corrected chi connectivity index (χ1v) is 3.76. The van der Waals surface area contributed by atoms with Crippen LogP contribution in [0.4, 0.5) is 0 Å². The van der Waals surface area contributed by atoms with Crippen molar-refractivity contribution in [3.8, 4) is 0 Å². The molecule has 0 aromatic rings. The molecule has 64 valence electrons. The van der Waals surface area contributed by atoms with Crippen LogP contribution in [0.1, 0.15) is 27.2 Å². The highest BCUT2D eigenvalue weighted by atomic mass is 16.4. The number of hydrogen-bond acceptors (Lipinski definition) is 2. The van der Waals surface area contributed by atoms with Crippen LogP contribution in [0.5, 0.6) is 0 Å². The summed E-state index contributed by atoms with van der Waals surface area (Å²) in [7, 11) is 0. The van der Waals surface area contributed by atoms with Gasteiger partial charge in [0.2, 0.25) is 0 Å². The highest BCUT2D eigenvalue weighted by molar-refractivity contribution is 5.85. The molecule has 0 bridgehead atoms. The fraction of sp³-hybridized carbons (Fsp3) is 0.750. The number of carbonyl (C=O) groups excluding carboxylic acids is 1. The quantitative estimate of drug-likeness (QED) is 0.671. The van der Waals surface area contributed by atoms with Gasteiger partial charge in [-0.15, -0.1) is 0 Å². The van der Waals surface area contributed by atoms with Gasteiger partial charge in [0.05, 0.1) is 5.92 Å². The Bertz CT molecular complexity index is 163. The van der Waals surface area contributed by atoms with Crippen LogP contribution in [0.3, 0.4) is 0 Å². The zero-order valence-corrected chi connectivity index (χ0v) is 7.13. The van der Waals surface area contributed by atoms with Crippen molar-refractivity contribution in [3.05, 3.63) is 0 Å². The van der Waals surface area contributed by atoms with Gasteiger partial charge in [-0.05, 0) is 0 Å². The van der Waals surface area contributed by atoms with E-state index in [1.54, 1.807) is 20.8 Å². The van der Waals surface area contributed by atoms with Crippen LogP contribution in [0.25, 0.3) is 0 Å². The van der Waals surface area contributed by atoms with E-state index in [0.717, 1.165) is 0 Å². The van der Waals surface area contributed by atoms with E-state index in [-0.39, 0.29) is 11.7 Å². The topological polar surface area (TPSA) is 54.4 Å². The summed E-state index contributed by atoms with van der Waals surface area (Å²) in [5, 5.41) is 8.54. The fourth-order valence-corrected chi connectivity index (χ4v) is 0.815. The van der Waals surface area contributed by atoms with E-state index in [9.17, 15) is 9.59 Å². The van der Waals surface area contributed by atoms with Gasteiger partial charge in [-0.2, -0.15) is 0 Å². The van der Waals surface area contributed by atoms with Crippen LogP contribution in [0.2, 0.25) is 0 Å². The molecule has 3 nitrogen and oxygen atoms in total. The van der Waals surface area contributed by atoms with Crippen molar-refractivity contribution in [2.24, 2.45) is 11.8 Å². The standard InChI is InChI=1S/C8H14O3/c1-4-7(9)5(2)6(3)8(10)11/h5-6H,4H2,1-3H3,(H,10,11)/t5-,6+/m0/s1. The highest BCUT2D eigenvalue weighted by Crippen LogP contribution is 2.13. The molecule has 1 N–H and O–H groups in total. The third-order valence-electron chi connectivity index (χ3n) is 2.00. The summed E-state index contributed by atoms with van der Waals surface area (Å²) in [6, 6.07) is 0. The molecule has 0 aliphatic rings. The Balaban J connectivity index is 4.12. The molecule has 0 unspecified atom stereocenters. The van der Waals surface area contributed by atoms with Gasteiger partial charge >= 0.3 is 5.97 Å². The van der Waals surface area contributed by atoms with E-state index >= 15 is 0 Å². The second-order valence-electron chi connectivity index (χ2n) is 2.74. The monoisotopic (exact) mass is 158 g/mol. The van der Waals surface area contributed by atoms with Crippen LogP contribution in [-0.4, -0.2) is 16.9 Å². The lowest BCUT2D eigenvalue weighted by molar-refractivity contribution is -0.145. The summed E-state index contributed by atoms with van der Waals surface area (Å²) in [6.45, 7) is 4.96. The van der Waals surface area contributed by atoms with E-state index in [4.69, 9.17) is 5.11 Å². The first-order valence-electron chi connectivity index (χ1n) is 3.76. The molecule has 0 heterocycles. The van der Waals surface area contributed by atoms with Crippen molar-refractivity contribution in [2.45, 2.75) is 27.2 Å². The Morgan fingerprint density at radius 3 is 2.00 bits per heavy atom. The summed E-state index contributed by atoms with van der Waals surface area (Å²) in [4.78, 5) is 21.4. The molecule has 0 aliphatic heterocycles. The van der Waals surface area contributed by atoms with Crippen molar-refractivity contribution in [3.63, 3.8) is 0 Å². The summed E-state index contributed by atoms with van der Waals surface area (Å²) in [5.74, 6) is -1.82. The first-order chi connectivity index (χ1) is 5.00. The van der Waals surface area contributed by atoms with Gasteiger partial charge in [-0.3, -0.25) is 9.59 Å². The van der Waals surface area contributed by atoms with Crippen LogP contribution < -0.4 is 0 Å². The van der Waals surface area contributed by atoms with Crippen molar-refractivity contribution in [1.29, 1.82) is 0 Å². The predicted octanol–water partition coefficient (Wildman–Crippen LogP) is 1.32. The van der Waals surface area contributed by atoms with Gasteiger partial charge in [-0.25, -0.2) is 0 Å². The molecule has 0 spiro atoms. The smallest absolute Gasteiger partial charge is 0.306 e. The lowest BCUT2D eigenvalue weighted by atomic mass is 9.91. The molecule has 0 rings (SSSR count). The number of carboxylic acid groups (broad SMARTS) is 1. The van der Waals surface area contributed by atoms with Crippen LogP contribution in [-0.2, 0) is 9.59 Å². The molecule has 0 fully saturated rings. The van der Waals surface area contributed by atoms with Crippen molar-refractivity contribution in [2.75, 3.05) is 0 Å². The highest BCUT2D eigenvalue weighted by Gasteiger charge is 2.23. The summed E-state index contributed by atoms with van der Waals surface area (Å²) < 4.78 is 0. The van der Waals surface area contributed by atoms with Crippen LogP contribution >= 0.6 is 0 Å². The molecule has 0 saturated carbocycles. The van der Waals surface area contributed by atoms with E-state index in [1.807, 2.05) is 0 Å². The number of carboxylic acids is 1. The van der Waals surface area contributed by atoms with Crippen molar-refractivity contribution >= 4 is 11.8 Å². The molecular formula is C8H14O3. The average Bonchev–Trinajstić information content (AvgIpc) is 2.00. The molecule has 0 radical (unpaired) electrons. The summed E-state index contributed by atoms with van der Waals surface area (Å²) >= 11 is 0. The number of Topliss-reactive ketones (excluding diaryl/α,β-unsaturated/α-hetero) is 1. The maximum Gasteiger partial charge on any atom is 0.306 e. The Morgan fingerprint density at radius 1 is 1.27 bits per heavy atom. The number of carbonyl (C=O) groups is 2. The molecule has 2 atom stereocenters. The van der Waals surface area contributed by atoms with Gasteiger partial charge < -0.3 is 5.11 Å². The lowest BCUT2D eigenvalue weighted by Gasteiger charge is -2.12. The minimum atomic E-state index is -0.903. The zero-order valence-electron chi connectivity index (χ0n) is 7.13. The molecule has 3 heteroatoms. The third kappa shape index (κ3) is 2.70. The fourth-order valence-electron chi connectivity index (χ4n) is 0.815. The number of rotatable bonds is 4. The zero-order chi connectivity index (χ0) is 9.02. The molecule has 0 saturated heterocycles. The van der Waals surface area contributed by atoms with E-state index < -0.39 is 11.9 Å². The third-order valence-corrected chi connectivity index (χ3v) is 2.00. The molecule has 11 heavy (non-hydrogen) atoms. The SMILES string of the molecule is CCC(=O)[C@@H](C)[C@@H](C)C(=O)O. The minimum Gasteiger partial charge on any atom is -0.481 e. The second kappa shape index (κ2) is 4.11. The number of aliphatic carboxylic acids is 1. The van der Waals surface area contributed by atoms with Gasteiger partial charge in [0, 0.05) is 12.3 Å². The van der Waals surface area contributed by atoms with E-state index in [1.165, 1.54) is 0 Å². The molecule has 0 aromatic heterocycles. The normalized spacial score (nSPS) is 15.5. The number of hydrogen-bond donors (Lipinski definition) is 1. The van der Waals surface area contributed by atoms with Gasteiger partial charge in [0.25, 0.3) is 0 Å². The Morgan fingerprint density at radius 2 is 1.73 bits per heavy atom. The van der Waals surface area contributed by atoms with Crippen molar-refractivity contribution in [1.82, 2.24) is 0 Å². The Kier molecular flexibility index (Phi) is 3.79. The maximum absolute atomic E-state index is 11.0. The van der Waals surface area contributed by atoms with E-state index in [0.29, 0.717) is 6.42 Å². The predicted molar refractivity (Wildman–Crippen MR) is 41.3 cm³/mol. The molecule has 0 aliphatic carbocycles. The van der Waals surface area contributed by atoms with Gasteiger partial charge in [0.1, 0.15) is 5.78 Å². The van der Waals surface area contributed by atoms with E-state index in [2.05, 4.69) is 0 Å². The summed E-state index contributed by atoms with van der Waals surface area (Å²) in [6.07, 6.45) is 0.415. The molecule has 0 aromatic carbocycles. The van der Waals surface area contributed by atoms with Gasteiger partial charge in [0.15, 0.2) is 0 Å². The van der Waals surface area contributed by atoms with Gasteiger partial charge in [-0.1, -0.05) is 20.8 Å². The van der Waals surface area contributed by atoms with Crippen LogP contribution in [0.15, 0.2) is 0 Å². The summed E-state index contributed by atoms with van der Waals surface area (Å²) in [5.41, 5.74) is 0. The average molecular weight is 158 g/mol. The first kappa shape index (κ1) is 10.1. The Labute approximate surface area is 66.4 Å². The lowest BCUT2D eigenvalue weighted by Crippen LogP contribution is -2.24. The maximum atomic E-state index is 11.0. The largest absolute Gasteiger partial charge is 0.481 e. The Hall–Kier alpha value is -0.860. The molecule has 0 amide bonds. The van der Waals surface area contributed by atoms with Crippen molar-refractivity contribution < 1.29 is 14.7 Å². The second-order valence-corrected chi connectivity index (χ2v) is 2.74. The minimum absolute atomic E-state index is 0.0138. The molecular weight excluding hydrogens is 144 g/mol. The van der Waals surface area contributed by atoms with Crippen LogP contribution in [0, 0.1) is 11.8 Å².